The summed E-state index contributed by atoms with van der Waals surface area (Å²) in [6.45, 7) is 1.97. The average Bonchev–Trinajstić information content (AvgIpc) is 2.05. The van der Waals surface area contributed by atoms with Crippen molar-refractivity contribution in [3.63, 3.8) is 0 Å². The summed E-state index contributed by atoms with van der Waals surface area (Å²) < 4.78 is 0. The molecule has 1 nitrogen and oxygen atoms in total. The average molecular weight is 166 g/mol. The summed E-state index contributed by atoms with van der Waals surface area (Å²) in [4.78, 5) is 0. The molecule has 0 saturated carbocycles. The van der Waals surface area contributed by atoms with E-state index in [0.29, 0.717) is 5.75 Å². The van der Waals surface area contributed by atoms with Gasteiger partial charge in [-0.2, -0.15) is 12.6 Å². The summed E-state index contributed by atoms with van der Waals surface area (Å²) in [7, 11) is 0. The highest BCUT2D eigenvalue weighted by Gasteiger charge is 1.92. The van der Waals surface area contributed by atoms with E-state index in [1.165, 1.54) is 0 Å². The van der Waals surface area contributed by atoms with E-state index in [4.69, 9.17) is 5.11 Å². The first-order chi connectivity index (χ1) is 5.24. The number of allylic oxidation sites excluding steroid dienone is 1. The van der Waals surface area contributed by atoms with Crippen LogP contribution < -0.4 is 0 Å². The van der Waals surface area contributed by atoms with Crippen LogP contribution in [0.4, 0.5) is 0 Å². The van der Waals surface area contributed by atoms with Crippen molar-refractivity contribution in [3.8, 4) is 5.75 Å². The lowest BCUT2D eigenvalue weighted by Gasteiger charge is -1.98. The van der Waals surface area contributed by atoms with E-state index in [2.05, 4.69) is 12.6 Å². The molecule has 0 radical (unpaired) electrons. The lowest BCUT2D eigenvalue weighted by Crippen LogP contribution is -1.75. The number of hydrogen-bond donors (Lipinski definition) is 2. The van der Waals surface area contributed by atoms with Crippen molar-refractivity contribution in [1.29, 1.82) is 0 Å². The van der Waals surface area contributed by atoms with Crippen molar-refractivity contribution < 1.29 is 5.11 Å². The van der Waals surface area contributed by atoms with Gasteiger partial charge < -0.3 is 5.11 Å². The maximum absolute atomic E-state index is 8.97. The van der Waals surface area contributed by atoms with Gasteiger partial charge in [0.1, 0.15) is 5.75 Å². The molecule has 0 amide bonds. The molecule has 0 aliphatic rings. The molecule has 58 valence electrons. The second-order valence-corrected chi connectivity index (χ2v) is 2.62. The van der Waals surface area contributed by atoms with Crippen LogP contribution in [0.1, 0.15) is 12.5 Å². The highest BCUT2D eigenvalue weighted by molar-refractivity contribution is 7.83. The smallest absolute Gasteiger partial charge is 0.115 e. The fourth-order valence-corrected chi connectivity index (χ4v) is 0.948. The lowest BCUT2D eigenvalue weighted by molar-refractivity contribution is 0.475. The van der Waals surface area contributed by atoms with Gasteiger partial charge in [-0.25, -0.2) is 0 Å². The summed E-state index contributed by atoms with van der Waals surface area (Å²) in [6.07, 6.45) is 0. The highest BCUT2D eigenvalue weighted by Crippen LogP contribution is 2.17. The SMILES string of the molecule is C/C(=C/S)c1ccc(O)cc1. The quantitative estimate of drug-likeness (QED) is 0.614. The van der Waals surface area contributed by atoms with Crippen molar-refractivity contribution in [2.45, 2.75) is 6.92 Å². The van der Waals surface area contributed by atoms with Gasteiger partial charge in [-0.05, 0) is 35.6 Å². The fourth-order valence-electron chi connectivity index (χ4n) is 0.799. The van der Waals surface area contributed by atoms with Gasteiger partial charge in [-0.15, -0.1) is 0 Å². The zero-order valence-corrected chi connectivity index (χ0v) is 7.18. The van der Waals surface area contributed by atoms with E-state index < -0.39 is 0 Å². The topological polar surface area (TPSA) is 20.2 Å². The summed E-state index contributed by atoms with van der Waals surface area (Å²) in [6, 6.07) is 7.04. The molecule has 0 saturated heterocycles. The number of phenols is 1. The zero-order chi connectivity index (χ0) is 8.27. The minimum atomic E-state index is 0.292. The van der Waals surface area contributed by atoms with Crippen LogP contribution in [-0.2, 0) is 0 Å². The van der Waals surface area contributed by atoms with Gasteiger partial charge in [0.2, 0.25) is 0 Å². The van der Waals surface area contributed by atoms with E-state index in [1.54, 1.807) is 17.5 Å². The molecule has 0 fully saturated rings. The van der Waals surface area contributed by atoms with Crippen molar-refractivity contribution in [2.75, 3.05) is 0 Å². The molecule has 11 heavy (non-hydrogen) atoms. The fraction of sp³-hybridized carbons (Fsp3) is 0.111. The highest BCUT2D eigenvalue weighted by atomic mass is 32.1. The molecule has 0 aliphatic heterocycles. The van der Waals surface area contributed by atoms with Gasteiger partial charge in [0.25, 0.3) is 0 Å². The van der Waals surface area contributed by atoms with Gasteiger partial charge in [0, 0.05) is 0 Å². The van der Waals surface area contributed by atoms with Crippen LogP contribution in [-0.4, -0.2) is 5.11 Å². The molecule has 0 spiro atoms. The molecule has 0 aliphatic carbocycles. The van der Waals surface area contributed by atoms with Crippen LogP contribution in [0.25, 0.3) is 5.57 Å². The predicted octanol–water partition coefficient (Wildman–Crippen LogP) is 2.68. The number of hydrogen-bond acceptors (Lipinski definition) is 2. The van der Waals surface area contributed by atoms with Gasteiger partial charge in [-0.1, -0.05) is 12.1 Å². The van der Waals surface area contributed by atoms with Crippen LogP contribution >= 0.6 is 12.6 Å². The molecule has 0 atom stereocenters. The molecule has 1 aromatic carbocycles. The van der Waals surface area contributed by atoms with E-state index in [1.807, 2.05) is 19.1 Å². The van der Waals surface area contributed by atoms with E-state index >= 15 is 0 Å². The van der Waals surface area contributed by atoms with Gasteiger partial charge in [-0.3, -0.25) is 0 Å². The number of thiol groups is 1. The summed E-state index contributed by atoms with van der Waals surface area (Å²) in [5.41, 5.74) is 2.17. The second-order valence-electron chi connectivity index (χ2n) is 2.36. The summed E-state index contributed by atoms with van der Waals surface area (Å²) >= 11 is 4.03. The normalized spacial score (nSPS) is 11.6. The number of aromatic hydroxyl groups is 1. The van der Waals surface area contributed by atoms with Crippen molar-refractivity contribution in [1.82, 2.24) is 0 Å². The first-order valence-electron chi connectivity index (χ1n) is 3.34. The Labute approximate surface area is 71.8 Å². The second kappa shape index (κ2) is 3.49. The van der Waals surface area contributed by atoms with Crippen LogP contribution in [0.2, 0.25) is 0 Å². The third kappa shape index (κ3) is 2.02. The molecular formula is C9H10OS. The maximum Gasteiger partial charge on any atom is 0.115 e. The summed E-state index contributed by atoms with van der Waals surface area (Å²) in [5.74, 6) is 0.292. The van der Waals surface area contributed by atoms with E-state index in [9.17, 15) is 0 Å². The Kier molecular flexibility index (Phi) is 2.60. The van der Waals surface area contributed by atoms with Gasteiger partial charge in [0.05, 0.1) is 0 Å². The van der Waals surface area contributed by atoms with Crippen molar-refractivity contribution >= 4 is 18.2 Å². The van der Waals surface area contributed by atoms with E-state index in [0.717, 1.165) is 11.1 Å². The van der Waals surface area contributed by atoms with Gasteiger partial charge >= 0.3 is 0 Å². The van der Waals surface area contributed by atoms with Crippen LogP contribution in [0.3, 0.4) is 0 Å². The van der Waals surface area contributed by atoms with Crippen molar-refractivity contribution in [2.24, 2.45) is 0 Å². The predicted molar refractivity (Wildman–Crippen MR) is 50.7 cm³/mol. The van der Waals surface area contributed by atoms with Crippen molar-refractivity contribution in [3.05, 3.63) is 35.2 Å². The number of benzene rings is 1. The van der Waals surface area contributed by atoms with Crippen LogP contribution in [0, 0.1) is 0 Å². The third-order valence-corrected chi connectivity index (χ3v) is 1.90. The summed E-state index contributed by atoms with van der Waals surface area (Å²) in [5, 5.41) is 10.7. The zero-order valence-electron chi connectivity index (χ0n) is 6.28. The van der Waals surface area contributed by atoms with Crippen LogP contribution in [0.5, 0.6) is 5.75 Å². The minimum Gasteiger partial charge on any atom is -0.508 e. The number of rotatable bonds is 1. The molecule has 0 aromatic heterocycles. The largest absolute Gasteiger partial charge is 0.508 e. The monoisotopic (exact) mass is 166 g/mol. The first-order valence-corrected chi connectivity index (χ1v) is 3.86. The van der Waals surface area contributed by atoms with Gasteiger partial charge in [0.15, 0.2) is 0 Å². The Morgan fingerprint density at radius 1 is 1.36 bits per heavy atom. The first kappa shape index (κ1) is 8.21. The standard InChI is InChI=1S/C9H10OS/c1-7(6-11)8-2-4-9(10)5-3-8/h2-6,10-11H,1H3/b7-6-. The third-order valence-electron chi connectivity index (χ3n) is 1.52. The molecule has 1 N–H and O–H groups in total. The molecule has 0 bridgehead atoms. The van der Waals surface area contributed by atoms with E-state index in [-0.39, 0.29) is 0 Å². The Balaban J connectivity index is 2.99. The Morgan fingerprint density at radius 3 is 2.36 bits per heavy atom. The number of phenolic OH excluding ortho intramolecular Hbond substituents is 1. The molecular weight excluding hydrogens is 156 g/mol. The Morgan fingerprint density at radius 2 is 1.91 bits per heavy atom. The molecule has 0 heterocycles. The Bertz CT molecular complexity index is 261. The lowest BCUT2D eigenvalue weighted by atomic mass is 10.1. The molecule has 1 aromatic rings. The molecule has 0 unspecified atom stereocenters. The molecule has 1 rings (SSSR count). The van der Waals surface area contributed by atoms with Crippen LogP contribution in [0.15, 0.2) is 29.7 Å². The minimum absolute atomic E-state index is 0.292. The molecule has 2 heteroatoms. The maximum atomic E-state index is 8.97. The Hall–Kier alpha value is -0.890.